The lowest BCUT2D eigenvalue weighted by Crippen LogP contribution is -2.24. The fourth-order valence-corrected chi connectivity index (χ4v) is 1.34. The summed E-state index contributed by atoms with van der Waals surface area (Å²) >= 11 is 0. The summed E-state index contributed by atoms with van der Waals surface area (Å²) in [5.74, 6) is -0.160. The molecule has 0 heterocycles. The molecule has 0 fully saturated rings. The zero-order valence-electron chi connectivity index (χ0n) is 11.1. The number of hydrogen-bond donors (Lipinski definition) is 1. The van der Waals surface area contributed by atoms with Gasteiger partial charge in [0, 0.05) is 6.54 Å². The number of hydrogen-bond acceptors (Lipinski definition) is 4. The van der Waals surface area contributed by atoms with Crippen molar-refractivity contribution in [1.82, 2.24) is 5.32 Å². The molecule has 104 valence electrons. The fraction of sp³-hybridized carbons (Fsp3) is 0.429. The quantitative estimate of drug-likeness (QED) is 0.768. The summed E-state index contributed by atoms with van der Waals surface area (Å²) in [7, 11) is 0. The maximum Gasteiger partial charge on any atom is 0.508 e. The van der Waals surface area contributed by atoms with Crippen LogP contribution in [0.1, 0.15) is 25.3 Å². The Labute approximate surface area is 112 Å². The Bertz CT molecular complexity index is 392. The highest BCUT2D eigenvalue weighted by molar-refractivity contribution is 5.76. The standard InChI is InChI=1S/C14H19NO4/c1-2-9-18-14(17)19-10-8-13(16)15-11-12-6-4-3-5-7-12/h3-7H,2,8-11H2,1H3,(H,15,16). The maximum atomic E-state index is 11.5. The second-order valence-corrected chi connectivity index (χ2v) is 3.96. The molecule has 0 aliphatic rings. The molecule has 0 atom stereocenters. The van der Waals surface area contributed by atoms with E-state index in [0.717, 1.165) is 12.0 Å². The van der Waals surface area contributed by atoms with Crippen molar-refractivity contribution in [1.29, 1.82) is 0 Å². The van der Waals surface area contributed by atoms with Crippen LogP contribution in [0.2, 0.25) is 0 Å². The Hall–Kier alpha value is -2.04. The molecule has 1 N–H and O–H groups in total. The van der Waals surface area contributed by atoms with Gasteiger partial charge in [-0.1, -0.05) is 37.3 Å². The molecule has 1 rings (SSSR count). The van der Waals surface area contributed by atoms with Crippen molar-refractivity contribution in [2.45, 2.75) is 26.3 Å². The third-order valence-electron chi connectivity index (χ3n) is 2.31. The van der Waals surface area contributed by atoms with Gasteiger partial charge >= 0.3 is 6.16 Å². The predicted octanol–water partition coefficient (Wildman–Crippen LogP) is 2.26. The molecule has 0 aliphatic heterocycles. The monoisotopic (exact) mass is 265 g/mol. The van der Waals surface area contributed by atoms with Crippen LogP contribution < -0.4 is 5.32 Å². The third-order valence-corrected chi connectivity index (χ3v) is 2.31. The van der Waals surface area contributed by atoms with E-state index >= 15 is 0 Å². The number of nitrogens with one attached hydrogen (secondary N) is 1. The number of benzene rings is 1. The lowest BCUT2D eigenvalue weighted by atomic mass is 10.2. The lowest BCUT2D eigenvalue weighted by molar-refractivity contribution is -0.122. The van der Waals surface area contributed by atoms with Crippen molar-refractivity contribution in [3.05, 3.63) is 35.9 Å². The first kappa shape index (κ1) is 15.0. The van der Waals surface area contributed by atoms with Crippen molar-refractivity contribution in [2.75, 3.05) is 13.2 Å². The second kappa shape index (κ2) is 8.97. The first-order valence-corrected chi connectivity index (χ1v) is 6.32. The Balaban J connectivity index is 2.10. The van der Waals surface area contributed by atoms with Crippen molar-refractivity contribution >= 4 is 12.1 Å². The molecule has 19 heavy (non-hydrogen) atoms. The van der Waals surface area contributed by atoms with Crippen molar-refractivity contribution in [3.8, 4) is 0 Å². The fourth-order valence-electron chi connectivity index (χ4n) is 1.34. The van der Waals surface area contributed by atoms with Gasteiger partial charge in [0.2, 0.25) is 5.91 Å². The number of amides is 1. The highest BCUT2D eigenvalue weighted by Gasteiger charge is 2.06. The molecule has 0 aliphatic carbocycles. The molecule has 0 saturated carbocycles. The molecule has 5 nitrogen and oxygen atoms in total. The van der Waals surface area contributed by atoms with E-state index in [1.807, 2.05) is 37.3 Å². The van der Waals surface area contributed by atoms with E-state index in [1.54, 1.807) is 0 Å². The predicted molar refractivity (Wildman–Crippen MR) is 70.5 cm³/mol. The Kier molecular flexibility index (Phi) is 7.09. The SMILES string of the molecule is CCCOC(=O)OCCC(=O)NCc1ccccc1. The summed E-state index contributed by atoms with van der Waals surface area (Å²) < 4.78 is 9.45. The topological polar surface area (TPSA) is 64.6 Å². The molecule has 1 aromatic rings. The molecule has 0 bridgehead atoms. The van der Waals surface area contributed by atoms with Gasteiger partial charge < -0.3 is 14.8 Å². The van der Waals surface area contributed by atoms with Crippen LogP contribution in [0.25, 0.3) is 0 Å². The van der Waals surface area contributed by atoms with Crippen LogP contribution in [0.5, 0.6) is 0 Å². The van der Waals surface area contributed by atoms with Crippen molar-refractivity contribution < 1.29 is 19.1 Å². The first-order chi connectivity index (χ1) is 9.22. The van der Waals surface area contributed by atoms with Crippen LogP contribution in [0.3, 0.4) is 0 Å². The molecule has 5 heteroatoms. The highest BCUT2D eigenvalue weighted by Crippen LogP contribution is 1.97. The average Bonchev–Trinajstić information content (AvgIpc) is 2.44. The van der Waals surface area contributed by atoms with Gasteiger partial charge in [0.1, 0.15) is 6.61 Å². The van der Waals surface area contributed by atoms with Gasteiger partial charge in [0.25, 0.3) is 0 Å². The summed E-state index contributed by atoms with van der Waals surface area (Å²) in [4.78, 5) is 22.5. The molecule has 1 amide bonds. The van der Waals surface area contributed by atoms with E-state index in [4.69, 9.17) is 9.47 Å². The highest BCUT2D eigenvalue weighted by atomic mass is 16.7. The minimum absolute atomic E-state index is 0.0309. The Morgan fingerprint density at radius 3 is 2.47 bits per heavy atom. The molecular weight excluding hydrogens is 246 g/mol. The Morgan fingerprint density at radius 2 is 1.79 bits per heavy atom. The van der Waals surface area contributed by atoms with Gasteiger partial charge in [-0.25, -0.2) is 4.79 Å². The molecular formula is C14H19NO4. The van der Waals surface area contributed by atoms with E-state index < -0.39 is 6.16 Å². The van der Waals surface area contributed by atoms with E-state index in [2.05, 4.69) is 5.32 Å². The van der Waals surface area contributed by atoms with E-state index in [0.29, 0.717) is 13.2 Å². The van der Waals surface area contributed by atoms with Gasteiger partial charge in [-0.15, -0.1) is 0 Å². The molecule has 0 saturated heterocycles. The zero-order valence-corrected chi connectivity index (χ0v) is 11.1. The normalized spacial score (nSPS) is 9.74. The number of ether oxygens (including phenoxy) is 2. The van der Waals surface area contributed by atoms with Crippen LogP contribution in [-0.2, 0) is 20.8 Å². The van der Waals surface area contributed by atoms with Crippen LogP contribution in [0.4, 0.5) is 4.79 Å². The average molecular weight is 265 g/mol. The molecule has 1 aromatic carbocycles. The van der Waals surface area contributed by atoms with Crippen molar-refractivity contribution in [2.24, 2.45) is 0 Å². The van der Waals surface area contributed by atoms with Crippen LogP contribution in [0, 0.1) is 0 Å². The number of rotatable bonds is 7. The summed E-state index contributed by atoms with van der Waals surface area (Å²) in [6, 6.07) is 9.60. The lowest BCUT2D eigenvalue weighted by Gasteiger charge is -2.06. The summed E-state index contributed by atoms with van der Waals surface area (Å²) in [5.41, 5.74) is 1.03. The molecule has 0 aromatic heterocycles. The van der Waals surface area contributed by atoms with E-state index in [9.17, 15) is 9.59 Å². The molecule has 0 unspecified atom stereocenters. The second-order valence-electron chi connectivity index (χ2n) is 3.96. The third kappa shape index (κ3) is 7.08. The maximum absolute atomic E-state index is 11.5. The van der Waals surface area contributed by atoms with Gasteiger partial charge in [0.05, 0.1) is 13.0 Å². The van der Waals surface area contributed by atoms with Gasteiger partial charge in [-0.2, -0.15) is 0 Å². The minimum Gasteiger partial charge on any atom is -0.434 e. The zero-order chi connectivity index (χ0) is 13.9. The van der Waals surface area contributed by atoms with Crippen LogP contribution >= 0.6 is 0 Å². The largest absolute Gasteiger partial charge is 0.508 e. The molecule has 0 spiro atoms. The van der Waals surface area contributed by atoms with Crippen molar-refractivity contribution in [3.63, 3.8) is 0 Å². The minimum atomic E-state index is -0.724. The van der Waals surface area contributed by atoms with Crippen LogP contribution in [0.15, 0.2) is 30.3 Å². The van der Waals surface area contributed by atoms with Gasteiger partial charge in [-0.05, 0) is 12.0 Å². The summed E-state index contributed by atoms with van der Waals surface area (Å²) in [6.07, 6.45) is 0.151. The van der Waals surface area contributed by atoms with E-state index in [1.165, 1.54) is 0 Å². The smallest absolute Gasteiger partial charge is 0.434 e. The first-order valence-electron chi connectivity index (χ1n) is 6.32. The van der Waals surface area contributed by atoms with Gasteiger partial charge in [-0.3, -0.25) is 4.79 Å². The number of carbonyl (C=O) groups excluding carboxylic acids is 2. The van der Waals surface area contributed by atoms with Crippen LogP contribution in [-0.4, -0.2) is 25.3 Å². The van der Waals surface area contributed by atoms with Gasteiger partial charge in [0.15, 0.2) is 0 Å². The summed E-state index contributed by atoms with van der Waals surface area (Å²) in [5, 5.41) is 2.74. The summed E-state index contributed by atoms with van der Waals surface area (Å²) in [6.45, 7) is 2.73. The Morgan fingerprint density at radius 1 is 1.11 bits per heavy atom. The number of carbonyl (C=O) groups is 2. The van der Waals surface area contributed by atoms with E-state index in [-0.39, 0.29) is 18.9 Å². The molecule has 0 radical (unpaired) electrons.